The lowest BCUT2D eigenvalue weighted by atomic mass is 10.4. The number of pyridine rings is 1. The zero-order valence-corrected chi connectivity index (χ0v) is 5.78. The number of aromatic amines is 1. The van der Waals surface area contributed by atoms with Gasteiger partial charge in [0.2, 0.25) is 0 Å². The molecule has 0 atom stereocenters. The summed E-state index contributed by atoms with van der Waals surface area (Å²) in [6, 6.07) is 3.75. The van der Waals surface area contributed by atoms with Gasteiger partial charge < -0.3 is 4.98 Å². The summed E-state index contributed by atoms with van der Waals surface area (Å²) in [5.74, 6) is 0.652. The highest BCUT2D eigenvalue weighted by Crippen LogP contribution is 2.06. The number of nitrogens with zero attached hydrogens (tertiary/aromatic N) is 2. The van der Waals surface area contributed by atoms with Crippen LogP contribution in [0.1, 0.15) is 5.82 Å². The molecular weight excluding hydrogens is 138 g/mol. The van der Waals surface area contributed by atoms with E-state index in [9.17, 15) is 0 Å². The van der Waals surface area contributed by atoms with E-state index in [1.807, 2.05) is 12.1 Å². The molecule has 0 fully saturated rings. The van der Waals surface area contributed by atoms with Gasteiger partial charge in [0.05, 0.1) is 5.52 Å². The van der Waals surface area contributed by atoms with Crippen LogP contribution in [-0.4, -0.2) is 15.0 Å². The van der Waals surface area contributed by atoms with Gasteiger partial charge in [0.1, 0.15) is 5.82 Å². The molecule has 0 aliphatic heterocycles. The molecule has 2 aromatic rings. The van der Waals surface area contributed by atoms with Crippen molar-refractivity contribution in [1.29, 1.82) is 0 Å². The normalized spacial score (nSPS) is 10.2. The van der Waals surface area contributed by atoms with Gasteiger partial charge in [-0.2, -0.15) is 0 Å². The molecule has 2 rings (SSSR count). The van der Waals surface area contributed by atoms with E-state index in [-0.39, 0.29) is 0 Å². The zero-order chi connectivity index (χ0) is 7.68. The van der Waals surface area contributed by atoms with Crippen LogP contribution in [0.3, 0.4) is 0 Å². The van der Waals surface area contributed by atoms with Crippen LogP contribution >= 0.6 is 0 Å². The molecule has 1 N–H and O–H groups in total. The van der Waals surface area contributed by atoms with Crippen LogP contribution in [0.15, 0.2) is 18.3 Å². The van der Waals surface area contributed by atoms with Crippen molar-refractivity contribution >= 4 is 17.2 Å². The first kappa shape index (κ1) is 6.09. The summed E-state index contributed by atoms with van der Waals surface area (Å²) >= 11 is 0. The third-order valence-electron chi connectivity index (χ3n) is 1.43. The Morgan fingerprint density at radius 1 is 1.55 bits per heavy atom. The van der Waals surface area contributed by atoms with Gasteiger partial charge >= 0.3 is 0 Å². The minimum absolute atomic E-state index is 0.652. The Labute approximate surface area is 63.8 Å². The van der Waals surface area contributed by atoms with Crippen molar-refractivity contribution in [2.45, 2.75) is 0 Å². The standard InChI is InChI=1S/C8H6N3/c1-2-7-10-6-4-3-5-9-8(6)11-7/h1-5H,(H,9,10,11). The molecule has 0 spiro atoms. The van der Waals surface area contributed by atoms with Crippen LogP contribution in [0.5, 0.6) is 0 Å². The molecule has 0 unspecified atom stereocenters. The molecule has 0 aliphatic rings. The fourth-order valence-corrected chi connectivity index (χ4v) is 0.943. The molecule has 11 heavy (non-hydrogen) atoms. The predicted molar refractivity (Wildman–Crippen MR) is 42.7 cm³/mol. The van der Waals surface area contributed by atoms with Crippen molar-refractivity contribution in [2.24, 2.45) is 0 Å². The summed E-state index contributed by atoms with van der Waals surface area (Å²) < 4.78 is 0. The van der Waals surface area contributed by atoms with E-state index >= 15 is 0 Å². The Balaban J connectivity index is 2.78. The van der Waals surface area contributed by atoms with E-state index in [0.717, 1.165) is 5.52 Å². The summed E-state index contributed by atoms with van der Waals surface area (Å²) in [5.41, 5.74) is 1.61. The number of hydrogen-bond donors (Lipinski definition) is 1. The van der Waals surface area contributed by atoms with Crippen LogP contribution < -0.4 is 0 Å². The monoisotopic (exact) mass is 144 g/mol. The molecule has 0 aliphatic carbocycles. The summed E-state index contributed by atoms with van der Waals surface area (Å²) in [7, 11) is 0. The van der Waals surface area contributed by atoms with Gasteiger partial charge in [-0.05, 0) is 18.2 Å². The second-order valence-corrected chi connectivity index (χ2v) is 2.16. The molecule has 3 nitrogen and oxygen atoms in total. The second-order valence-electron chi connectivity index (χ2n) is 2.16. The predicted octanol–water partition coefficient (Wildman–Crippen LogP) is 1.40. The molecule has 0 saturated carbocycles. The Hall–Kier alpha value is -1.64. The molecule has 3 heteroatoms. The van der Waals surface area contributed by atoms with Crippen LogP contribution in [0.25, 0.3) is 17.2 Å². The fraction of sp³-hybridized carbons (Fsp3) is 0. The highest BCUT2D eigenvalue weighted by molar-refractivity contribution is 5.71. The summed E-state index contributed by atoms with van der Waals surface area (Å²) in [4.78, 5) is 11.1. The molecular formula is C8H6N3. The number of fused-ring (bicyclic) bond motifs is 1. The Kier molecular flexibility index (Phi) is 1.22. The van der Waals surface area contributed by atoms with E-state index in [2.05, 4.69) is 15.0 Å². The third-order valence-corrected chi connectivity index (χ3v) is 1.43. The Morgan fingerprint density at radius 3 is 3.18 bits per heavy atom. The first-order valence-corrected chi connectivity index (χ1v) is 3.26. The van der Waals surface area contributed by atoms with E-state index in [4.69, 9.17) is 6.58 Å². The lowest BCUT2D eigenvalue weighted by Crippen LogP contribution is -1.72. The van der Waals surface area contributed by atoms with Crippen LogP contribution in [0.2, 0.25) is 0 Å². The molecule has 0 aromatic carbocycles. The van der Waals surface area contributed by atoms with Crippen LogP contribution in [0, 0.1) is 6.58 Å². The third kappa shape index (κ3) is 0.902. The van der Waals surface area contributed by atoms with Gasteiger partial charge in [0, 0.05) is 6.20 Å². The number of rotatable bonds is 1. The van der Waals surface area contributed by atoms with Gasteiger partial charge in [-0.3, -0.25) is 0 Å². The zero-order valence-electron chi connectivity index (χ0n) is 5.78. The number of imidazole rings is 1. The molecule has 1 radical (unpaired) electrons. The lowest BCUT2D eigenvalue weighted by molar-refractivity contribution is 1.27. The van der Waals surface area contributed by atoms with Gasteiger partial charge in [-0.25, -0.2) is 9.97 Å². The summed E-state index contributed by atoms with van der Waals surface area (Å²) in [5, 5.41) is 0. The highest BCUT2D eigenvalue weighted by Gasteiger charge is 1.97. The molecule has 0 saturated heterocycles. The largest absolute Gasteiger partial charge is 0.337 e. The second kappa shape index (κ2) is 2.20. The molecule has 2 aromatic heterocycles. The van der Waals surface area contributed by atoms with Crippen molar-refractivity contribution in [3.63, 3.8) is 0 Å². The number of hydrogen-bond acceptors (Lipinski definition) is 2. The first-order valence-electron chi connectivity index (χ1n) is 3.26. The van der Waals surface area contributed by atoms with Crippen molar-refractivity contribution in [3.8, 4) is 0 Å². The summed E-state index contributed by atoms with van der Waals surface area (Å²) in [6.07, 6.45) is 3.12. The average Bonchev–Trinajstić information content (AvgIpc) is 2.46. The topological polar surface area (TPSA) is 41.6 Å². The molecule has 53 valence electrons. The van der Waals surface area contributed by atoms with Crippen molar-refractivity contribution in [2.75, 3.05) is 0 Å². The van der Waals surface area contributed by atoms with Gasteiger partial charge in [0.25, 0.3) is 0 Å². The van der Waals surface area contributed by atoms with Gasteiger partial charge in [-0.15, -0.1) is 0 Å². The highest BCUT2D eigenvalue weighted by atomic mass is 15.0. The maximum atomic E-state index is 5.27. The van der Waals surface area contributed by atoms with E-state index in [1.54, 1.807) is 6.20 Å². The van der Waals surface area contributed by atoms with Crippen LogP contribution in [-0.2, 0) is 0 Å². The van der Waals surface area contributed by atoms with Crippen molar-refractivity contribution in [3.05, 3.63) is 30.7 Å². The average molecular weight is 144 g/mol. The smallest absolute Gasteiger partial charge is 0.178 e. The van der Waals surface area contributed by atoms with E-state index in [1.165, 1.54) is 6.08 Å². The van der Waals surface area contributed by atoms with E-state index in [0.29, 0.717) is 11.5 Å². The quantitative estimate of drug-likeness (QED) is 0.657. The SMILES string of the molecule is [CH]=Cc1nc2ncccc2[nH]1. The lowest BCUT2D eigenvalue weighted by Gasteiger charge is -1.80. The number of H-pyrrole nitrogens is 1. The Morgan fingerprint density at radius 2 is 2.45 bits per heavy atom. The maximum absolute atomic E-state index is 5.27. The van der Waals surface area contributed by atoms with Gasteiger partial charge in [-0.1, -0.05) is 6.58 Å². The molecule has 2 heterocycles. The molecule has 0 bridgehead atoms. The number of aromatic nitrogens is 3. The minimum Gasteiger partial charge on any atom is -0.337 e. The number of nitrogens with one attached hydrogen (secondary N) is 1. The van der Waals surface area contributed by atoms with Crippen LogP contribution in [0.4, 0.5) is 0 Å². The first-order chi connectivity index (χ1) is 5.40. The van der Waals surface area contributed by atoms with Crippen molar-refractivity contribution in [1.82, 2.24) is 15.0 Å². The van der Waals surface area contributed by atoms with E-state index < -0.39 is 0 Å². The maximum Gasteiger partial charge on any atom is 0.178 e. The van der Waals surface area contributed by atoms with Gasteiger partial charge in [0.15, 0.2) is 5.65 Å². The fourth-order valence-electron chi connectivity index (χ4n) is 0.943. The Bertz CT molecular complexity index is 356. The molecule has 0 amide bonds. The summed E-state index contributed by atoms with van der Waals surface area (Å²) in [6.45, 7) is 5.27. The minimum atomic E-state index is 0.652. The van der Waals surface area contributed by atoms with Crippen molar-refractivity contribution < 1.29 is 0 Å².